The van der Waals surface area contributed by atoms with Gasteiger partial charge in [0.1, 0.15) is 5.69 Å². The van der Waals surface area contributed by atoms with Gasteiger partial charge >= 0.3 is 0 Å². The van der Waals surface area contributed by atoms with Gasteiger partial charge in [0.05, 0.1) is 18.3 Å². The van der Waals surface area contributed by atoms with Crippen molar-refractivity contribution >= 4 is 29.1 Å². The van der Waals surface area contributed by atoms with E-state index in [0.717, 1.165) is 12.8 Å². The van der Waals surface area contributed by atoms with Gasteiger partial charge in [-0.25, -0.2) is 4.98 Å². The fourth-order valence-electron chi connectivity index (χ4n) is 3.48. The van der Waals surface area contributed by atoms with Crippen LogP contribution in [0.1, 0.15) is 33.6 Å². The van der Waals surface area contributed by atoms with E-state index in [0.29, 0.717) is 18.7 Å². The third-order valence-electron chi connectivity index (χ3n) is 5.12. The lowest BCUT2D eigenvalue weighted by atomic mass is 10.2. The van der Waals surface area contributed by atoms with Crippen LogP contribution in [0.3, 0.4) is 0 Å². The summed E-state index contributed by atoms with van der Waals surface area (Å²) in [4.78, 5) is 55.9. The zero-order chi connectivity index (χ0) is 21.8. The Kier molecular flexibility index (Phi) is 5.74. The Morgan fingerprint density at radius 3 is 2.45 bits per heavy atom. The van der Waals surface area contributed by atoms with Crippen LogP contribution in [-0.4, -0.2) is 51.6 Å². The van der Waals surface area contributed by atoms with Crippen LogP contribution in [-0.2, 0) is 4.79 Å². The third-order valence-corrected chi connectivity index (χ3v) is 5.12. The number of hydrogen-bond acceptors (Lipinski definition) is 5. The second-order valence-corrected chi connectivity index (χ2v) is 7.18. The molecule has 1 saturated heterocycles. The largest absolute Gasteiger partial charge is 0.343 e. The molecular weight excluding hydrogens is 398 g/mol. The summed E-state index contributed by atoms with van der Waals surface area (Å²) in [5, 5.41) is 5.15. The summed E-state index contributed by atoms with van der Waals surface area (Å²) in [5.74, 6) is -1.07. The van der Waals surface area contributed by atoms with Gasteiger partial charge in [-0.2, -0.15) is 0 Å². The minimum atomic E-state index is -0.517. The molecule has 0 unspecified atom stereocenters. The normalized spacial score (nSPS) is 13.2. The molecule has 0 atom stereocenters. The third kappa shape index (κ3) is 4.30. The van der Waals surface area contributed by atoms with Crippen LogP contribution in [0.2, 0.25) is 0 Å². The molecule has 0 spiro atoms. The SMILES string of the molecule is O=C(Nc1cnc2c(C(=O)NCC(=O)N3CCCC3)cccn2c1=O)c1ccccc1. The van der Waals surface area contributed by atoms with E-state index in [1.165, 1.54) is 28.9 Å². The lowest BCUT2D eigenvalue weighted by molar-refractivity contribution is -0.129. The lowest BCUT2D eigenvalue weighted by Gasteiger charge is -2.15. The predicted molar refractivity (Wildman–Crippen MR) is 114 cm³/mol. The summed E-state index contributed by atoms with van der Waals surface area (Å²) in [6.45, 7) is 1.30. The van der Waals surface area contributed by atoms with E-state index < -0.39 is 17.4 Å². The Hall–Kier alpha value is -4.01. The molecule has 0 aliphatic carbocycles. The number of likely N-dealkylation sites (tertiary alicyclic amines) is 1. The molecule has 3 heterocycles. The first-order valence-electron chi connectivity index (χ1n) is 9.97. The molecule has 0 bridgehead atoms. The highest BCUT2D eigenvalue weighted by Gasteiger charge is 2.20. The second-order valence-electron chi connectivity index (χ2n) is 7.18. The topological polar surface area (TPSA) is 113 Å². The molecule has 1 aromatic carbocycles. The van der Waals surface area contributed by atoms with Gasteiger partial charge in [-0.15, -0.1) is 0 Å². The minimum Gasteiger partial charge on any atom is -0.343 e. The fraction of sp³-hybridized carbons (Fsp3) is 0.227. The Labute approximate surface area is 177 Å². The lowest BCUT2D eigenvalue weighted by Crippen LogP contribution is -2.39. The van der Waals surface area contributed by atoms with Crippen molar-refractivity contribution < 1.29 is 14.4 Å². The average molecular weight is 419 g/mol. The predicted octanol–water partition coefficient (Wildman–Crippen LogP) is 1.30. The molecule has 0 radical (unpaired) electrons. The summed E-state index contributed by atoms with van der Waals surface area (Å²) in [7, 11) is 0. The molecule has 2 aromatic heterocycles. The molecule has 158 valence electrons. The summed E-state index contributed by atoms with van der Waals surface area (Å²) < 4.78 is 1.19. The van der Waals surface area contributed by atoms with Crippen molar-refractivity contribution in [3.63, 3.8) is 0 Å². The summed E-state index contributed by atoms with van der Waals surface area (Å²) in [6, 6.07) is 11.6. The van der Waals surface area contributed by atoms with Gasteiger partial charge in [-0.3, -0.25) is 23.6 Å². The molecule has 3 aromatic rings. The zero-order valence-corrected chi connectivity index (χ0v) is 16.7. The number of hydrogen-bond donors (Lipinski definition) is 2. The minimum absolute atomic E-state index is 0.00637. The molecule has 31 heavy (non-hydrogen) atoms. The highest BCUT2D eigenvalue weighted by Crippen LogP contribution is 2.11. The highest BCUT2D eigenvalue weighted by atomic mass is 16.2. The molecule has 0 saturated carbocycles. The first kappa shape index (κ1) is 20.3. The van der Waals surface area contributed by atoms with E-state index in [-0.39, 0.29) is 29.3 Å². The number of carbonyl (C=O) groups excluding carboxylic acids is 3. The molecule has 2 N–H and O–H groups in total. The maximum Gasteiger partial charge on any atom is 0.281 e. The number of nitrogens with zero attached hydrogens (tertiary/aromatic N) is 3. The molecular formula is C22H21N5O4. The number of aromatic nitrogens is 2. The van der Waals surface area contributed by atoms with E-state index in [1.54, 1.807) is 35.2 Å². The highest BCUT2D eigenvalue weighted by molar-refractivity contribution is 6.04. The Morgan fingerprint density at radius 1 is 0.968 bits per heavy atom. The van der Waals surface area contributed by atoms with E-state index in [4.69, 9.17) is 0 Å². The van der Waals surface area contributed by atoms with Crippen LogP contribution >= 0.6 is 0 Å². The number of fused-ring (bicyclic) bond motifs is 1. The fourth-order valence-corrected chi connectivity index (χ4v) is 3.48. The van der Waals surface area contributed by atoms with E-state index >= 15 is 0 Å². The van der Waals surface area contributed by atoms with Crippen molar-refractivity contribution in [2.24, 2.45) is 0 Å². The average Bonchev–Trinajstić information content (AvgIpc) is 3.34. The number of benzene rings is 1. The number of amides is 3. The van der Waals surface area contributed by atoms with Crippen molar-refractivity contribution in [2.45, 2.75) is 12.8 Å². The smallest absolute Gasteiger partial charge is 0.281 e. The van der Waals surface area contributed by atoms with Crippen molar-refractivity contribution in [1.82, 2.24) is 19.6 Å². The number of rotatable bonds is 5. The first-order chi connectivity index (χ1) is 15.0. The maximum absolute atomic E-state index is 12.8. The standard InChI is InChI=1S/C22H21N5O4/c28-18(26-10-4-5-11-26)14-24-21(30)16-9-6-12-27-19(16)23-13-17(22(27)31)25-20(29)15-7-2-1-3-8-15/h1-3,6-9,12-13H,4-5,10-11,14H2,(H,24,30)(H,25,29). The molecule has 1 aliphatic rings. The van der Waals surface area contributed by atoms with E-state index in [9.17, 15) is 19.2 Å². The Bertz CT molecular complexity index is 1200. The summed E-state index contributed by atoms with van der Waals surface area (Å²) >= 11 is 0. The number of anilines is 1. The quantitative estimate of drug-likeness (QED) is 0.647. The number of pyridine rings is 1. The second kappa shape index (κ2) is 8.78. The van der Waals surface area contributed by atoms with Crippen LogP contribution in [0.5, 0.6) is 0 Å². The summed E-state index contributed by atoms with van der Waals surface area (Å²) in [5.41, 5.74) is 0.180. The van der Waals surface area contributed by atoms with Crippen LogP contribution in [0.25, 0.3) is 5.65 Å². The molecule has 9 heteroatoms. The van der Waals surface area contributed by atoms with Crippen molar-refractivity contribution in [1.29, 1.82) is 0 Å². The van der Waals surface area contributed by atoms with Gasteiger partial charge in [0, 0.05) is 24.8 Å². The van der Waals surface area contributed by atoms with Crippen LogP contribution in [0, 0.1) is 0 Å². The van der Waals surface area contributed by atoms with Crippen molar-refractivity contribution in [2.75, 3.05) is 25.0 Å². The van der Waals surface area contributed by atoms with Gasteiger partial charge in [-0.05, 0) is 37.1 Å². The van der Waals surface area contributed by atoms with Crippen molar-refractivity contribution in [3.8, 4) is 0 Å². The van der Waals surface area contributed by atoms with Crippen LogP contribution in [0.4, 0.5) is 5.69 Å². The van der Waals surface area contributed by atoms with Gasteiger partial charge in [-0.1, -0.05) is 18.2 Å². The monoisotopic (exact) mass is 419 g/mol. The molecule has 1 fully saturated rings. The molecule has 4 rings (SSSR count). The molecule has 9 nitrogen and oxygen atoms in total. The first-order valence-corrected chi connectivity index (χ1v) is 9.97. The van der Waals surface area contributed by atoms with Gasteiger partial charge in [0.2, 0.25) is 5.91 Å². The van der Waals surface area contributed by atoms with Crippen LogP contribution in [0.15, 0.2) is 59.7 Å². The van der Waals surface area contributed by atoms with Gasteiger partial charge in [0.15, 0.2) is 5.65 Å². The van der Waals surface area contributed by atoms with Gasteiger partial charge < -0.3 is 15.5 Å². The summed E-state index contributed by atoms with van der Waals surface area (Å²) in [6.07, 6.45) is 4.64. The Balaban J connectivity index is 1.54. The van der Waals surface area contributed by atoms with Crippen LogP contribution < -0.4 is 16.2 Å². The van der Waals surface area contributed by atoms with E-state index in [2.05, 4.69) is 15.6 Å². The molecule has 1 aliphatic heterocycles. The molecule has 3 amide bonds. The Morgan fingerprint density at radius 2 is 1.71 bits per heavy atom. The van der Waals surface area contributed by atoms with Crippen molar-refractivity contribution in [3.05, 3.63) is 76.3 Å². The number of nitrogens with one attached hydrogen (secondary N) is 2. The van der Waals surface area contributed by atoms with Gasteiger partial charge in [0.25, 0.3) is 17.4 Å². The zero-order valence-electron chi connectivity index (χ0n) is 16.7. The maximum atomic E-state index is 12.8. The van der Waals surface area contributed by atoms with E-state index in [1.807, 2.05) is 0 Å². The number of carbonyl (C=O) groups is 3.